The second kappa shape index (κ2) is 7.03. The zero-order valence-corrected chi connectivity index (χ0v) is 17.0. The lowest BCUT2D eigenvalue weighted by atomic mass is 9.87. The first-order chi connectivity index (χ1) is 13.7. The van der Waals surface area contributed by atoms with Crippen LogP contribution in [0.5, 0.6) is 5.75 Å². The van der Waals surface area contributed by atoms with E-state index in [0.29, 0.717) is 23.4 Å². The zero-order valence-electron chi connectivity index (χ0n) is 17.0. The largest absolute Gasteiger partial charge is 0.426 e. The lowest BCUT2D eigenvalue weighted by Gasteiger charge is -2.25. The van der Waals surface area contributed by atoms with Crippen LogP contribution in [-0.2, 0) is 11.3 Å². The smallest absolute Gasteiger partial charge is 0.312 e. The minimum Gasteiger partial charge on any atom is -0.426 e. The molecule has 0 fully saturated rings. The van der Waals surface area contributed by atoms with E-state index in [1.54, 1.807) is 17.6 Å². The lowest BCUT2D eigenvalue weighted by molar-refractivity contribution is -0.135. The van der Waals surface area contributed by atoms with Gasteiger partial charge in [0.25, 0.3) is 11.1 Å². The maximum Gasteiger partial charge on any atom is 0.312 e. The van der Waals surface area contributed by atoms with Gasteiger partial charge in [0.1, 0.15) is 5.75 Å². The summed E-state index contributed by atoms with van der Waals surface area (Å²) in [5, 5.41) is 0.921. The molecule has 0 amide bonds. The maximum atomic E-state index is 13.5. The molecule has 3 heterocycles. The van der Waals surface area contributed by atoms with Crippen LogP contribution in [0.2, 0.25) is 0 Å². The Morgan fingerprint density at radius 1 is 1.14 bits per heavy atom. The van der Waals surface area contributed by atoms with E-state index >= 15 is 0 Å². The SMILES string of the molecule is Cc1ccc2c(c1)cc([C@@H]1CC(=O)Oc3cc(C)[nH]c(=O)c31)c(=O)n2CC(C)C. The van der Waals surface area contributed by atoms with Gasteiger partial charge in [-0.1, -0.05) is 25.5 Å². The Morgan fingerprint density at radius 2 is 1.90 bits per heavy atom. The number of benzene rings is 1. The summed E-state index contributed by atoms with van der Waals surface area (Å²) in [5.41, 5.74) is 2.85. The van der Waals surface area contributed by atoms with Crippen LogP contribution in [0, 0.1) is 19.8 Å². The minimum absolute atomic E-state index is 0.0343. The number of ether oxygens (including phenoxy) is 1. The Labute approximate surface area is 168 Å². The highest BCUT2D eigenvalue weighted by Gasteiger charge is 2.33. The molecule has 4 rings (SSSR count). The van der Waals surface area contributed by atoms with Crippen molar-refractivity contribution < 1.29 is 9.53 Å². The fraction of sp³-hybridized carbons (Fsp3) is 0.348. The summed E-state index contributed by atoms with van der Waals surface area (Å²) < 4.78 is 7.08. The van der Waals surface area contributed by atoms with Gasteiger partial charge in [-0.2, -0.15) is 0 Å². The summed E-state index contributed by atoms with van der Waals surface area (Å²) in [6.07, 6.45) is -0.0343. The van der Waals surface area contributed by atoms with E-state index in [9.17, 15) is 14.4 Å². The number of esters is 1. The third-order valence-electron chi connectivity index (χ3n) is 5.31. The second-order valence-corrected chi connectivity index (χ2v) is 8.26. The number of aryl methyl sites for hydroxylation is 2. The van der Waals surface area contributed by atoms with Gasteiger partial charge in [-0.15, -0.1) is 0 Å². The standard InChI is InChI=1S/C23H24N2O4/c1-12(2)11-25-18-6-5-13(3)7-15(18)9-17(23(25)28)16-10-20(26)29-19-8-14(4)24-22(27)21(16)19/h5-9,12,16H,10-11H2,1-4H3,(H,24,27)/t16-/m0/s1. The van der Waals surface area contributed by atoms with Crippen LogP contribution >= 0.6 is 0 Å². The van der Waals surface area contributed by atoms with Crippen LogP contribution in [0.1, 0.15) is 48.6 Å². The average molecular weight is 392 g/mol. The molecule has 0 unspecified atom stereocenters. The number of carbonyl (C=O) groups is 1. The van der Waals surface area contributed by atoms with Gasteiger partial charge >= 0.3 is 5.97 Å². The van der Waals surface area contributed by atoms with Crippen LogP contribution in [0.15, 0.2) is 39.9 Å². The Kier molecular flexibility index (Phi) is 4.65. The summed E-state index contributed by atoms with van der Waals surface area (Å²) in [4.78, 5) is 41.3. The topological polar surface area (TPSA) is 81.2 Å². The third-order valence-corrected chi connectivity index (χ3v) is 5.31. The molecule has 0 aliphatic carbocycles. The molecule has 0 bridgehead atoms. The predicted octanol–water partition coefficient (Wildman–Crippen LogP) is 3.40. The molecule has 1 aliphatic heterocycles. The molecule has 0 saturated heterocycles. The Hall–Kier alpha value is -3.15. The fourth-order valence-electron chi connectivity index (χ4n) is 4.11. The predicted molar refractivity (Wildman–Crippen MR) is 112 cm³/mol. The lowest BCUT2D eigenvalue weighted by Crippen LogP contribution is -2.34. The molecular weight excluding hydrogens is 368 g/mol. The van der Waals surface area contributed by atoms with Gasteiger partial charge in [-0.05, 0) is 43.4 Å². The molecule has 150 valence electrons. The number of hydrogen-bond donors (Lipinski definition) is 1. The van der Waals surface area contributed by atoms with Gasteiger partial charge in [0, 0.05) is 29.8 Å². The number of hydrogen-bond acceptors (Lipinski definition) is 4. The number of rotatable bonds is 3. The third kappa shape index (κ3) is 3.39. The maximum absolute atomic E-state index is 13.5. The van der Waals surface area contributed by atoms with Crippen LogP contribution in [0.4, 0.5) is 0 Å². The van der Waals surface area contributed by atoms with Gasteiger partial charge in [-0.3, -0.25) is 14.4 Å². The quantitative estimate of drug-likeness (QED) is 0.693. The van der Waals surface area contributed by atoms with Crippen LogP contribution in [-0.4, -0.2) is 15.5 Å². The Balaban J connectivity index is 2.02. The number of pyridine rings is 2. The molecule has 0 spiro atoms. The van der Waals surface area contributed by atoms with Gasteiger partial charge < -0.3 is 14.3 Å². The number of aromatic amines is 1. The number of nitrogens with one attached hydrogen (secondary N) is 1. The number of H-pyrrole nitrogens is 1. The fourth-order valence-corrected chi connectivity index (χ4v) is 4.11. The monoisotopic (exact) mass is 392 g/mol. The first-order valence-corrected chi connectivity index (χ1v) is 9.83. The molecule has 1 N–H and O–H groups in total. The van der Waals surface area contributed by atoms with Crippen molar-refractivity contribution >= 4 is 16.9 Å². The summed E-state index contributed by atoms with van der Waals surface area (Å²) in [6.45, 7) is 8.39. The van der Waals surface area contributed by atoms with E-state index in [4.69, 9.17) is 4.74 Å². The van der Waals surface area contributed by atoms with Crippen molar-refractivity contribution in [1.82, 2.24) is 9.55 Å². The summed E-state index contributed by atoms with van der Waals surface area (Å²) >= 11 is 0. The normalized spacial score (nSPS) is 16.2. The molecular formula is C23H24N2O4. The summed E-state index contributed by atoms with van der Waals surface area (Å²) in [5.74, 6) is -0.563. The van der Waals surface area contributed by atoms with Crippen LogP contribution < -0.4 is 15.9 Å². The van der Waals surface area contributed by atoms with Crippen molar-refractivity contribution in [1.29, 1.82) is 0 Å². The molecule has 0 radical (unpaired) electrons. The average Bonchev–Trinajstić information content (AvgIpc) is 2.62. The van der Waals surface area contributed by atoms with Gasteiger partial charge in [0.05, 0.1) is 17.5 Å². The number of aromatic nitrogens is 2. The molecule has 6 heteroatoms. The van der Waals surface area contributed by atoms with E-state index in [2.05, 4.69) is 18.8 Å². The van der Waals surface area contributed by atoms with E-state index in [1.807, 2.05) is 31.2 Å². The summed E-state index contributed by atoms with van der Waals surface area (Å²) in [6, 6.07) is 9.43. The molecule has 0 saturated carbocycles. The van der Waals surface area contributed by atoms with E-state index < -0.39 is 11.9 Å². The van der Waals surface area contributed by atoms with Gasteiger partial charge in [0.2, 0.25) is 0 Å². The van der Waals surface area contributed by atoms with Crippen molar-refractivity contribution in [2.75, 3.05) is 0 Å². The van der Waals surface area contributed by atoms with Gasteiger partial charge in [0.15, 0.2) is 0 Å². The van der Waals surface area contributed by atoms with Crippen molar-refractivity contribution in [3.05, 3.63) is 73.4 Å². The highest BCUT2D eigenvalue weighted by atomic mass is 16.5. The van der Waals surface area contributed by atoms with E-state index in [1.165, 1.54) is 0 Å². The second-order valence-electron chi connectivity index (χ2n) is 8.26. The van der Waals surface area contributed by atoms with Crippen LogP contribution in [0.25, 0.3) is 10.9 Å². The zero-order chi connectivity index (χ0) is 20.9. The van der Waals surface area contributed by atoms with Crippen molar-refractivity contribution in [2.24, 2.45) is 5.92 Å². The molecule has 29 heavy (non-hydrogen) atoms. The van der Waals surface area contributed by atoms with Crippen molar-refractivity contribution in [3.8, 4) is 5.75 Å². The Bertz CT molecular complexity index is 1250. The number of fused-ring (bicyclic) bond motifs is 2. The molecule has 6 nitrogen and oxygen atoms in total. The number of carbonyl (C=O) groups excluding carboxylic acids is 1. The van der Waals surface area contributed by atoms with Crippen molar-refractivity contribution in [2.45, 2.75) is 46.6 Å². The van der Waals surface area contributed by atoms with E-state index in [0.717, 1.165) is 16.5 Å². The van der Waals surface area contributed by atoms with Crippen molar-refractivity contribution in [3.63, 3.8) is 0 Å². The summed E-state index contributed by atoms with van der Waals surface area (Å²) in [7, 11) is 0. The highest BCUT2D eigenvalue weighted by Crippen LogP contribution is 2.36. The molecule has 3 aromatic rings. The highest BCUT2D eigenvalue weighted by molar-refractivity contribution is 5.82. The number of nitrogens with zero attached hydrogens (tertiary/aromatic N) is 1. The Morgan fingerprint density at radius 3 is 2.62 bits per heavy atom. The van der Waals surface area contributed by atoms with Crippen LogP contribution in [0.3, 0.4) is 0 Å². The molecule has 2 aromatic heterocycles. The molecule has 1 atom stereocenters. The van der Waals surface area contributed by atoms with Gasteiger partial charge in [-0.25, -0.2) is 0 Å². The molecule has 1 aliphatic rings. The van der Waals surface area contributed by atoms with E-state index in [-0.39, 0.29) is 29.2 Å². The molecule has 1 aromatic carbocycles. The first-order valence-electron chi connectivity index (χ1n) is 9.83. The minimum atomic E-state index is -0.633. The first kappa shape index (κ1) is 19.2.